The first-order valence-corrected chi connectivity index (χ1v) is 8.28. The van der Waals surface area contributed by atoms with Gasteiger partial charge >= 0.3 is 0 Å². The summed E-state index contributed by atoms with van der Waals surface area (Å²) in [5.74, 6) is 0.135. The highest BCUT2D eigenvalue weighted by Gasteiger charge is 2.30. The number of aliphatic hydroxyl groups excluding tert-OH is 1. The van der Waals surface area contributed by atoms with Crippen LogP contribution in [0.2, 0.25) is 0 Å². The molecular weight excluding hydrogens is 286 g/mol. The van der Waals surface area contributed by atoms with Gasteiger partial charge in [0.25, 0.3) is 5.91 Å². The molecule has 6 heteroatoms. The van der Waals surface area contributed by atoms with Crippen molar-refractivity contribution in [3.05, 3.63) is 16.6 Å². The van der Waals surface area contributed by atoms with Crippen molar-refractivity contribution in [3.63, 3.8) is 0 Å². The van der Waals surface area contributed by atoms with E-state index in [1.807, 2.05) is 29.6 Å². The third-order valence-corrected chi connectivity index (χ3v) is 5.43. The predicted octanol–water partition coefficient (Wildman–Crippen LogP) is 2.32. The molecular formula is C15H21N3O2S. The van der Waals surface area contributed by atoms with Crippen molar-refractivity contribution in [3.8, 4) is 0 Å². The number of amides is 1. The number of nitrogens with zero attached hydrogens (tertiary/aromatic N) is 3. The number of likely N-dealkylation sites (tertiary alicyclic amines) is 1. The lowest BCUT2D eigenvalue weighted by Gasteiger charge is -2.24. The fourth-order valence-electron chi connectivity index (χ4n) is 3.18. The summed E-state index contributed by atoms with van der Waals surface area (Å²) in [5.41, 5.74) is 0.973. The maximum absolute atomic E-state index is 12.8. The molecule has 5 nitrogen and oxygen atoms in total. The second kappa shape index (κ2) is 5.77. The number of aromatic nitrogens is 2. The van der Waals surface area contributed by atoms with E-state index in [-0.39, 0.29) is 18.6 Å². The first kappa shape index (κ1) is 14.5. The van der Waals surface area contributed by atoms with E-state index < -0.39 is 0 Å². The van der Waals surface area contributed by atoms with Crippen molar-refractivity contribution in [2.75, 3.05) is 13.2 Å². The summed E-state index contributed by atoms with van der Waals surface area (Å²) < 4.78 is 1.85. The maximum atomic E-state index is 12.8. The van der Waals surface area contributed by atoms with Gasteiger partial charge < -0.3 is 10.0 Å². The van der Waals surface area contributed by atoms with Crippen LogP contribution < -0.4 is 0 Å². The Morgan fingerprint density at radius 1 is 1.57 bits per heavy atom. The van der Waals surface area contributed by atoms with Crippen molar-refractivity contribution < 1.29 is 9.90 Å². The van der Waals surface area contributed by atoms with Crippen LogP contribution in [-0.4, -0.2) is 44.9 Å². The van der Waals surface area contributed by atoms with E-state index in [1.165, 1.54) is 11.3 Å². The molecule has 1 unspecified atom stereocenters. The first-order valence-electron chi connectivity index (χ1n) is 7.46. The fraction of sp³-hybridized carbons (Fsp3) is 0.600. The van der Waals surface area contributed by atoms with Crippen LogP contribution in [0.1, 0.15) is 41.0 Å². The summed E-state index contributed by atoms with van der Waals surface area (Å²) >= 11 is 1.53. The molecule has 2 aromatic heterocycles. The lowest BCUT2D eigenvalue weighted by molar-refractivity contribution is 0.0729. The molecule has 1 fully saturated rings. The van der Waals surface area contributed by atoms with Gasteiger partial charge in [-0.1, -0.05) is 0 Å². The Hall–Kier alpha value is -1.40. The minimum atomic E-state index is 0.135. The topological polar surface area (TPSA) is 58.4 Å². The minimum absolute atomic E-state index is 0.135. The summed E-state index contributed by atoms with van der Waals surface area (Å²) in [5, 5.41) is 14.4. The number of aliphatic hydroxyl groups is 1. The van der Waals surface area contributed by atoms with Gasteiger partial charge in [-0.3, -0.25) is 9.48 Å². The summed E-state index contributed by atoms with van der Waals surface area (Å²) in [6.07, 6.45) is 3.78. The van der Waals surface area contributed by atoms with E-state index >= 15 is 0 Å². The molecule has 1 atom stereocenters. The number of aryl methyl sites for hydroxylation is 2. The van der Waals surface area contributed by atoms with Crippen molar-refractivity contribution in [2.24, 2.45) is 7.05 Å². The lowest BCUT2D eigenvalue weighted by Crippen LogP contribution is -2.35. The average molecular weight is 307 g/mol. The number of hydrogen-bond acceptors (Lipinski definition) is 4. The molecule has 1 saturated heterocycles. The lowest BCUT2D eigenvalue weighted by atomic mass is 10.1. The zero-order valence-corrected chi connectivity index (χ0v) is 13.3. The van der Waals surface area contributed by atoms with Crippen molar-refractivity contribution in [1.29, 1.82) is 0 Å². The van der Waals surface area contributed by atoms with Crippen LogP contribution in [0.5, 0.6) is 0 Å². The van der Waals surface area contributed by atoms with Crippen LogP contribution in [0.25, 0.3) is 10.2 Å². The first-order chi connectivity index (χ1) is 10.1. The van der Waals surface area contributed by atoms with E-state index in [1.54, 1.807) is 0 Å². The summed E-state index contributed by atoms with van der Waals surface area (Å²) in [6, 6.07) is 2.26. The molecule has 3 rings (SSSR count). The predicted molar refractivity (Wildman–Crippen MR) is 83.7 cm³/mol. The van der Waals surface area contributed by atoms with Gasteiger partial charge in [0.05, 0.1) is 10.6 Å². The van der Waals surface area contributed by atoms with Crippen molar-refractivity contribution in [1.82, 2.24) is 14.7 Å². The Balaban J connectivity index is 1.84. The third kappa shape index (κ3) is 2.58. The molecule has 0 spiro atoms. The number of thiophene rings is 1. The van der Waals surface area contributed by atoms with Gasteiger partial charge in [0, 0.05) is 31.6 Å². The number of rotatable bonds is 4. The zero-order chi connectivity index (χ0) is 15.0. The Bertz CT molecular complexity index is 627. The van der Waals surface area contributed by atoms with E-state index in [0.29, 0.717) is 0 Å². The zero-order valence-electron chi connectivity index (χ0n) is 12.5. The fourth-order valence-corrected chi connectivity index (χ4v) is 4.26. The second-order valence-electron chi connectivity index (χ2n) is 5.70. The van der Waals surface area contributed by atoms with Crippen LogP contribution in [0.4, 0.5) is 0 Å². The largest absolute Gasteiger partial charge is 0.396 e. The summed E-state index contributed by atoms with van der Waals surface area (Å²) in [6.45, 7) is 3.01. The number of hydrogen-bond donors (Lipinski definition) is 1. The second-order valence-corrected chi connectivity index (χ2v) is 6.73. The van der Waals surface area contributed by atoms with E-state index in [9.17, 15) is 4.79 Å². The van der Waals surface area contributed by atoms with Crippen LogP contribution in [-0.2, 0) is 7.05 Å². The van der Waals surface area contributed by atoms with Crippen molar-refractivity contribution >= 4 is 27.5 Å². The van der Waals surface area contributed by atoms with Crippen LogP contribution in [0, 0.1) is 6.92 Å². The van der Waals surface area contributed by atoms with Crippen LogP contribution in [0.15, 0.2) is 6.07 Å². The summed E-state index contributed by atoms with van der Waals surface area (Å²) in [7, 11) is 1.92. The molecule has 1 N–H and O–H groups in total. The van der Waals surface area contributed by atoms with Gasteiger partial charge in [0.1, 0.15) is 4.83 Å². The molecule has 2 aromatic rings. The van der Waals surface area contributed by atoms with Crippen molar-refractivity contribution in [2.45, 2.75) is 38.6 Å². The molecule has 0 aromatic carbocycles. The number of carbonyl (C=O) groups is 1. The van der Waals surface area contributed by atoms with Gasteiger partial charge in [0.15, 0.2) is 0 Å². The van der Waals surface area contributed by atoms with Gasteiger partial charge in [-0.15, -0.1) is 11.3 Å². The molecule has 1 amide bonds. The maximum Gasteiger partial charge on any atom is 0.264 e. The van der Waals surface area contributed by atoms with Gasteiger partial charge in [-0.25, -0.2) is 0 Å². The Morgan fingerprint density at radius 2 is 2.38 bits per heavy atom. The molecule has 0 bridgehead atoms. The smallest absolute Gasteiger partial charge is 0.264 e. The monoisotopic (exact) mass is 307 g/mol. The minimum Gasteiger partial charge on any atom is -0.396 e. The van der Waals surface area contributed by atoms with Gasteiger partial charge in [-0.2, -0.15) is 5.10 Å². The van der Waals surface area contributed by atoms with Gasteiger partial charge in [-0.05, 0) is 38.7 Å². The van der Waals surface area contributed by atoms with E-state index in [2.05, 4.69) is 5.10 Å². The molecule has 21 heavy (non-hydrogen) atoms. The Labute approximate surface area is 128 Å². The normalized spacial score (nSPS) is 18.8. The quantitative estimate of drug-likeness (QED) is 0.943. The van der Waals surface area contributed by atoms with Crippen LogP contribution >= 0.6 is 11.3 Å². The molecule has 1 aliphatic rings. The van der Waals surface area contributed by atoms with Gasteiger partial charge in [0.2, 0.25) is 0 Å². The third-order valence-electron chi connectivity index (χ3n) is 4.24. The molecule has 0 aliphatic carbocycles. The summed E-state index contributed by atoms with van der Waals surface area (Å²) in [4.78, 5) is 16.6. The number of fused-ring (bicyclic) bond motifs is 1. The number of carbonyl (C=O) groups excluding carboxylic acids is 1. The molecule has 0 saturated carbocycles. The average Bonchev–Trinajstić information content (AvgIpc) is 3.15. The highest BCUT2D eigenvalue weighted by Crippen LogP contribution is 2.31. The molecule has 3 heterocycles. The van der Waals surface area contributed by atoms with E-state index in [4.69, 9.17) is 5.11 Å². The molecule has 1 aliphatic heterocycles. The standard InChI is InChI=1S/C15H21N3O2S/c1-10-12-9-13(21-15(12)17(2)16-10)14(20)18-7-3-5-11(18)6-4-8-19/h9,11,19H,3-8H2,1-2H3. The molecule has 114 valence electrons. The highest BCUT2D eigenvalue weighted by molar-refractivity contribution is 7.20. The SMILES string of the molecule is Cc1nn(C)c2sc(C(=O)N3CCCC3CCCO)cc12. The molecule has 0 radical (unpaired) electrons. The van der Waals surface area contributed by atoms with E-state index in [0.717, 1.165) is 53.0 Å². The van der Waals surface area contributed by atoms with Crippen LogP contribution in [0.3, 0.4) is 0 Å². The Morgan fingerprint density at radius 3 is 3.10 bits per heavy atom. The highest BCUT2D eigenvalue weighted by atomic mass is 32.1. The Kier molecular flexibility index (Phi) is 3.99.